The lowest BCUT2D eigenvalue weighted by Crippen LogP contribution is -2.44. The summed E-state index contributed by atoms with van der Waals surface area (Å²) in [7, 11) is 1.65. The second kappa shape index (κ2) is 10.2. The van der Waals surface area contributed by atoms with E-state index in [0.29, 0.717) is 18.1 Å². The molecule has 0 atom stereocenters. The maximum absolute atomic E-state index is 6.00. The zero-order valence-corrected chi connectivity index (χ0v) is 18.3. The smallest absolute Gasteiger partial charge is 0.162 e. The molecule has 5 nitrogen and oxygen atoms in total. The summed E-state index contributed by atoms with van der Waals surface area (Å²) in [4.78, 5) is 2.35. The number of piperazine rings is 1. The Balaban J connectivity index is 1.36. The Morgan fingerprint density at radius 1 is 0.903 bits per heavy atom. The molecule has 3 aromatic carbocycles. The summed E-state index contributed by atoms with van der Waals surface area (Å²) in [5.74, 6) is 1.42. The summed E-state index contributed by atoms with van der Waals surface area (Å²) in [5, 5.41) is 7.54. The van der Waals surface area contributed by atoms with Crippen LogP contribution in [-0.2, 0) is 6.61 Å². The van der Waals surface area contributed by atoms with Crippen LogP contribution in [0.1, 0.15) is 11.1 Å². The minimum absolute atomic E-state index is 0.491. The Labute approximate surface area is 188 Å². The fourth-order valence-corrected chi connectivity index (χ4v) is 3.62. The standard InChI is InChI=1S/C25H26ClN3O2/c1-30-24-12-7-21(17-25(24)31-19-20-5-3-2-4-6-20)18-27-29-15-13-28(14-16-29)23-10-8-22(26)9-11-23/h2-12,17-18H,13-16,19H2,1H3. The highest BCUT2D eigenvalue weighted by Gasteiger charge is 2.15. The summed E-state index contributed by atoms with van der Waals surface area (Å²) in [6, 6.07) is 24.0. The first-order chi connectivity index (χ1) is 15.2. The third-order valence-corrected chi connectivity index (χ3v) is 5.49. The second-order valence-electron chi connectivity index (χ2n) is 7.35. The maximum atomic E-state index is 6.00. The number of anilines is 1. The molecule has 6 heteroatoms. The largest absolute Gasteiger partial charge is 0.493 e. The molecule has 0 radical (unpaired) electrons. The van der Waals surface area contributed by atoms with Gasteiger partial charge in [0.1, 0.15) is 6.61 Å². The van der Waals surface area contributed by atoms with Crippen LogP contribution in [0.25, 0.3) is 0 Å². The van der Waals surface area contributed by atoms with Crippen molar-refractivity contribution in [3.05, 3.63) is 88.9 Å². The van der Waals surface area contributed by atoms with Crippen LogP contribution < -0.4 is 14.4 Å². The number of hydrazone groups is 1. The summed E-state index contributed by atoms with van der Waals surface area (Å²) in [6.07, 6.45) is 1.88. The van der Waals surface area contributed by atoms with E-state index in [4.69, 9.17) is 21.1 Å². The van der Waals surface area contributed by atoms with Crippen molar-refractivity contribution < 1.29 is 9.47 Å². The van der Waals surface area contributed by atoms with Gasteiger partial charge in [0.2, 0.25) is 0 Å². The number of benzene rings is 3. The monoisotopic (exact) mass is 435 g/mol. The molecule has 4 rings (SSSR count). The maximum Gasteiger partial charge on any atom is 0.162 e. The van der Waals surface area contributed by atoms with Gasteiger partial charge in [0.15, 0.2) is 11.5 Å². The van der Waals surface area contributed by atoms with E-state index in [2.05, 4.69) is 27.1 Å². The van der Waals surface area contributed by atoms with E-state index < -0.39 is 0 Å². The first kappa shape index (κ1) is 21.1. The SMILES string of the molecule is COc1ccc(C=NN2CCN(c3ccc(Cl)cc3)CC2)cc1OCc1ccccc1. The number of ether oxygens (including phenoxy) is 2. The van der Waals surface area contributed by atoms with Crippen molar-refractivity contribution in [2.24, 2.45) is 5.10 Å². The molecule has 0 N–H and O–H groups in total. The number of rotatable bonds is 7. The van der Waals surface area contributed by atoms with Crippen molar-refractivity contribution in [3.63, 3.8) is 0 Å². The molecule has 0 unspecified atom stereocenters. The van der Waals surface area contributed by atoms with Crippen molar-refractivity contribution in [3.8, 4) is 11.5 Å². The lowest BCUT2D eigenvalue weighted by atomic mass is 10.2. The van der Waals surface area contributed by atoms with E-state index in [-0.39, 0.29) is 0 Å². The fourth-order valence-electron chi connectivity index (χ4n) is 3.49. The topological polar surface area (TPSA) is 37.3 Å². The van der Waals surface area contributed by atoms with E-state index in [1.165, 1.54) is 5.69 Å². The van der Waals surface area contributed by atoms with Gasteiger partial charge < -0.3 is 14.4 Å². The van der Waals surface area contributed by atoms with Crippen molar-refractivity contribution in [2.45, 2.75) is 6.61 Å². The average Bonchev–Trinajstić information content (AvgIpc) is 2.83. The zero-order chi connectivity index (χ0) is 21.5. The van der Waals surface area contributed by atoms with Crippen molar-refractivity contribution >= 4 is 23.5 Å². The normalized spacial score (nSPS) is 14.1. The van der Waals surface area contributed by atoms with Crippen LogP contribution in [0.3, 0.4) is 0 Å². The molecule has 0 saturated carbocycles. The summed E-state index contributed by atoms with van der Waals surface area (Å²) >= 11 is 5.99. The van der Waals surface area contributed by atoms with Crippen LogP contribution in [0.4, 0.5) is 5.69 Å². The summed E-state index contributed by atoms with van der Waals surface area (Å²) in [6.45, 7) is 4.07. The minimum Gasteiger partial charge on any atom is -0.493 e. The molecule has 1 aliphatic rings. The lowest BCUT2D eigenvalue weighted by molar-refractivity contribution is 0.272. The Morgan fingerprint density at radius 3 is 2.35 bits per heavy atom. The average molecular weight is 436 g/mol. The minimum atomic E-state index is 0.491. The molecule has 3 aromatic rings. The first-order valence-corrected chi connectivity index (χ1v) is 10.7. The van der Waals surface area contributed by atoms with Gasteiger partial charge >= 0.3 is 0 Å². The Kier molecular flexibility index (Phi) is 6.95. The molecule has 31 heavy (non-hydrogen) atoms. The molecule has 1 fully saturated rings. The van der Waals surface area contributed by atoms with Crippen molar-refractivity contribution in [1.82, 2.24) is 5.01 Å². The van der Waals surface area contributed by atoms with Gasteiger partial charge in [0.05, 0.1) is 26.4 Å². The quantitative estimate of drug-likeness (QED) is 0.485. The molecule has 0 aromatic heterocycles. The molecule has 0 amide bonds. The van der Waals surface area contributed by atoms with Gasteiger partial charge in [-0.1, -0.05) is 41.9 Å². The van der Waals surface area contributed by atoms with E-state index in [1.54, 1.807) is 7.11 Å². The van der Waals surface area contributed by atoms with E-state index >= 15 is 0 Å². The van der Waals surface area contributed by atoms with E-state index in [0.717, 1.165) is 42.3 Å². The number of halogens is 1. The highest BCUT2D eigenvalue weighted by Crippen LogP contribution is 2.28. The zero-order valence-electron chi connectivity index (χ0n) is 17.6. The highest BCUT2D eigenvalue weighted by molar-refractivity contribution is 6.30. The third-order valence-electron chi connectivity index (χ3n) is 5.24. The first-order valence-electron chi connectivity index (χ1n) is 10.4. The van der Waals surface area contributed by atoms with E-state index in [9.17, 15) is 0 Å². The van der Waals surface area contributed by atoms with Crippen molar-refractivity contribution in [2.75, 3.05) is 38.2 Å². The Hall–Kier alpha value is -3.18. The Morgan fingerprint density at radius 2 is 1.65 bits per heavy atom. The van der Waals surface area contributed by atoms with E-state index in [1.807, 2.05) is 66.9 Å². The van der Waals surface area contributed by atoms with Gasteiger partial charge in [-0.2, -0.15) is 5.10 Å². The van der Waals surface area contributed by atoms with Crippen LogP contribution in [0.5, 0.6) is 11.5 Å². The molecule has 0 spiro atoms. The fraction of sp³-hybridized carbons (Fsp3) is 0.240. The number of hydrogen-bond donors (Lipinski definition) is 0. The van der Waals surface area contributed by atoms with Crippen LogP contribution in [0.15, 0.2) is 77.9 Å². The second-order valence-corrected chi connectivity index (χ2v) is 7.78. The van der Waals surface area contributed by atoms with Crippen LogP contribution >= 0.6 is 11.6 Å². The van der Waals surface area contributed by atoms with Gasteiger partial charge in [-0.3, -0.25) is 5.01 Å². The number of nitrogens with zero attached hydrogens (tertiary/aromatic N) is 3. The predicted molar refractivity (Wildman–Crippen MR) is 127 cm³/mol. The van der Waals surface area contributed by atoms with Gasteiger partial charge in [-0.25, -0.2) is 0 Å². The van der Waals surface area contributed by atoms with Gasteiger partial charge in [0, 0.05) is 23.8 Å². The number of hydrogen-bond acceptors (Lipinski definition) is 5. The molecule has 1 aliphatic heterocycles. The molecular formula is C25H26ClN3O2. The summed E-state index contributed by atoms with van der Waals surface area (Å²) in [5.41, 5.74) is 3.29. The van der Waals surface area contributed by atoms with Crippen LogP contribution in [0.2, 0.25) is 5.02 Å². The number of methoxy groups -OCH3 is 1. The Bertz CT molecular complexity index is 1000. The predicted octanol–water partition coefficient (Wildman–Crippen LogP) is 5.08. The van der Waals surface area contributed by atoms with Crippen molar-refractivity contribution in [1.29, 1.82) is 0 Å². The molecule has 0 aliphatic carbocycles. The molecular weight excluding hydrogens is 410 g/mol. The van der Waals surface area contributed by atoms with Gasteiger partial charge in [-0.05, 0) is 53.6 Å². The molecule has 0 bridgehead atoms. The lowest BCUT2D eigenvalue weighted by Gasteiger charge is -2.34. The molecule has 1 saturated heterocycles. The third kappa shape index (κ3) is 5.70. The molecule has 160 valence electrons. The molecule has 1 heterocycles. The van der Waals surface area contributed by atoms with Crippen LogP contribution in [-0.4, -0.2) is 44.5 Å². The van der Waals surface area contributed by atoms with Gasteiger partial charge in [0.25, 0.3) is 0 Å². The highest BCUT2D eigenvalue weighted by atomic mass is 35.5. The summed E-state index contributed by atoms with van der Waals surface area (Å²) < 4.78 is 11.5. The van der Waals surface area contributed by atoms with Crippen LogP contribution in [0, 0.1) is 0 Å². The van der Waals surface area contributed by atoms with Gasteiger partial charge in [-0.15, -0.1) is 0 Å².